The average Bonchev–Trinajstić information content (AvgIpc) is 2.31. The van der Waals surface area contributed by atoms with E-state index in [1.54, 1.807) is 7.11 Å². The van der Waals surface area contributed by atoms with Crippen LogP contribution in [-0.4, -0.2) is 43.6 Å². The molecule has 0 aliphatic carbocycles. The van der Waals surface area contributed by atoms with Gasteiger partial charge in [-0.1, -0.05) is 13.8 Å². The van der Waals surface area contributed by atoms with Crippen molar-refractivity contribution >= 4 is 11.8 Å². The summed E-state index contributed by atoms with van der Waals surface area (Å²) in [7, 11) is 1.64. The van der Waals surface area contributed by atoms with Gasteiger partial charge in [0.05, 0.1) is 13.7 Å². The van der Waals surface area contributed by atoms with Gasteiger partial charge in [0, 0.05) is 0 Å². The smallest absolute Gasteiger partial charge is 0.212 e. The summed E-state index contributed by atoms with van der Waals surface area (Å²) in [4.78, 5) is 9.36. The highest BCUT2D eigenvalue weighted by molar-refractivity contribution is 5.96. The number of rotatable bonds is 4. The summed E-state index contributed by atoms with van der Waals surface area (Å²) in [5, 5.41) is 0. The molecule has 0 saturated carbocycles. The molecule has 18 heavy (non-hydrogen) atoms. The Balaban J connectivity index is 3.10. The van der Waals surface area contributed by atoms with E-state index in [1.165, 1.54) is 0 Å². The van der Waals surface area contributed by atoms with E-state index in [0.29, 0.717) is 37.3 Å². The molecule has 0 spiro atoms. The number of hydrogen-bond donors (Lipinski definition) is 1. The third-order valence-corrected chi connectivity index (χ3v) is 3.08. The quantitative estimate of drug-likeness (QED) is 0.829. The number of nitrogens with two attached hydrogens (primary N) is 1. The van der Waals surface area contributed by atoms with Crippen LogP contribution in [0.5, 0.6) is 0 Å². The fourth-order valence-electron chi connectivity index (χ4n) is 2.05. The number of aliphatic imine (C=N–C) groups is 2. The Morgan fingerprint density at radius 2 is 2.11 bits per heavy atom. The molecule has 0 saturated heterocycles. The normalized spacial score (nSPS) is 27.8. The molecule has 1 heterocycles. The van der Waals surface area contributed by atoms with Crippen molar-refractivity contribution in [1.29, 1.82) is 0 Å². The summed E-state index contributed by atoms with van der Waals surface area (Å²) in [5.41, 5.74) is 5.17. The molecule has 5 heteroatoms. The SMILES string of the molecule is CCOC1=NC(C(C)C)C(OC)=N[C@@]1(C)CCN. The standard InChI is InChI=1S/C13H25N3O2/c1-6-18-12-13(4,7-8-14)16-11(17-5)10(15-12)9(2)3/h9-10H,6-8,14H2,1-5H3/t10?,13-/m0/s1. The predicted octanol–water partition coefficient (Wildman–Crippen LogP) is 1.61. The van der Waals surface area contributed by atoms with Gasteiger partial charge in [0.1, 0.15) is 11.6 Å². The minimum atomic E-state index is -0.499. The number of ether oxygens (including phenoxy) is 2. The molecule has 0 aromatic carbocycles. The van der Waals surface area contributed by atoms with Crippen LogP contribution in [-0.2, 0) is 9.47 Å². The van der Waals surface area contributed by atoms with Crippen molar-refractivity contribution in [3.63, 3.8) is 0 Å². The van der Waals surface area contributed by atoms with E-state index in [-0.39, 0.29) is 6.04 Å². The maximum atomic E-state index is 5.66. The Kier molecular flexibility index (Phi) is 5.14. The van der Waals surface area contributed by atoms with Crippen LogP contribution in [0.2, 0.25) is 0 Å². The monoisotopic (exact) mass is 255 g/mol. The summed E-state index contributed by atoms with van der Waals surface area (Å²) < 4.78 is 11.0. The van der Waals surface area contributed by atoms with Gasteiger partial charge < -0.3 is 15.2 Å². The van der Waals surface area contributed by atoms with Crippen LogP contribution in [0.3, 0.4) is 0 Å². The summed E-state index contributed by atoms with van der Waals surface area (Å²) in [6.45, 7) is 9.25. The van der Waals surface area contributed by atoms with Crippen molar-refractivity contribution < 1.29 is 9.47 Å². The highest BCUT2D eigenvalue weighted by atomic mass is 16.5. The van der Waals surface area contributed by atoms with Gasteiger partial charge in [-0.2, -0.15) is 0 Å². The van der Waals surface area contributed by atoms with Gasteiger partial charge in [0.25, 0.3) is 0 Å². The molecular weight excluding hydrogens is 230 g/mol. The molecule has 2 atom stereocenters. The van der Waals surface area contributed by atoms with E-state index >= 15 is 0 Å². The van der Waals surface area contributed by atoms with Gasteiger partial charge in [-0.25, -0.2) is 9.98 Å². The molecule has 1 unspecified atom stereocenters. The van der Waals surface area contributed by atoms with Gasteiger partial charge in [-0.3, -0.25) is 0 Å². The summed E-state index contributed by atoms with van der Waals surface area (Å²) >= 11 is 0. The highest BCUT2D eigenvalue weighted by Crippen LogP contribution is 2.27. The van der Waals surface area contributed by atoms with E-state index in [2.05, 4.69) is 23.8 Å². The lowest BCUT2D eigenvalue weighted by atomic mass is 9.94. The van der Waals surface area contributed by atoms with E-state index < -0.39 is 5.54 Å². The second kappa shape index (κ2) is 6.18. The van der Waals surface area contributed by atoms with Gasteiger partial charge in [-0.05, 0) is 32.7 Å². The van der Waals surface area contributed by atoms with Gasteiger partial charge >= 0.3 is 0 Å². The maximum absolute atomic E-state index is 5.66. The molecule has 0 aromatic rings. The van der Waals surface area contributed by atoms with Crippen LogP contribution in [0.1, 0.15) is 34.1 Å². The van der Waals surface area contributed by atoms with Gasteiger partial charge in [-0.15, -0.1) is 0 Å². The van der Waals surface area contributed by atoms with Gasteiger partial charge in [0.2, 0.25) is 11.8 Å². The Hall–Kier alpha value is -1.10. The minimum absolute atomic E-state index is 0.0672. The highest BCUT2D eigenvalue weighted by Gasteiger charge is 2.39. The predicted molar refractivity (Wildman–Crippen MR) is 74.2 cm³/mol. The van der Waals surface area contributed by atoms with Crippen LogP contribution in [0.25, 0.3) is 0 Å². The zero-order chi connectivity index (χ0) is 13.8. The zero-order valence-corrected chi connectivity index (χ0v) is 12.1. The first kappa shape index (κ1) is 15.0. The molecule has 0 aromatic heterocycles. The summed E-state index contributed by atoms with van der Waals surface area (Å²) in [5.74, 6) is 1.67. The number of hydrogen-bond acceptors (Lipinski definition) is 5. The first-order chi connectivity index (χ1) is 8.48. The largest absolute Gasteiger partial charge is 0.483 e. The lowest BCUT2D eigenvalue weighted by Gasteiger charge is -2.33. The van der Waals surface area contributed by atoms with E-state index in [4.69, 9.17) is 15.2 Å². The van der Waals surface area contributed by atoms with E-state index in [0.717, 1.165) is 0 Å². The molecule has 104 valence electrons. The fraction of sp³-hybridized carbons (Fsp3) is 0.846. The van der Waals surface area contributed by atoms with Crippen LogP contribution < -0.4 is 5.73 Å². The molecule has 0 fully saturated rings. The Morgan fingerprint density at radius 3 is 2.56 bits per heavy atom. The first-order valence-corrected chi connectivity index (χ1v) is 6.53. The molecular formula is C13H25N3O2. The maximum Gasteiger partial charge on any atom is 0.212 e. The lowest BCUT2D eigenvalue weighted by molar-refractivity contribution is 0.269. The first-order valence-electron chi connectivity index (χ1n) is 6.53. The molecule has 0 radical (unpaired) electrons. The number of methoxy groups -OCH3 is 1. The molecule has 1 aliphatic heterocycles. The lowest BCUT2D eigenvalue weighted by Crippen LogP contribution is -2.46. The third-order valence-electron chi connectivity index (χ3n) is 3.08. The Labute approximate surface area is 109 Å². The van der Waals surface area contributed by atoms with Crippen molar-refractivity contribution in [3.8, 4) is 0 Å². The van der Waals surface area contributed by atoms with Crippen LogP contribution in [0, 0.1) is 5.92 Å². The average molecular weight is 255 g/mol. The van der Waals surface area contributed by atoms with E-state index in [9.17, 15) is 0 Å². The molecule has 0 amide bonds. The molecule has 1 rings (SSSR count). The van der Waals surface area contributed by atoms with Crippen LogP contribution in [0.15, 0.2) is 9.98 Å². The van der Waals surface area contributed by atoms with Crippen molar-refractivity contribution in [3.05, 3.63) is 0 Å². The fourth-order valence-corrected chi connectivity index (χ4v) is 2.05. The zero-order valence-electron chi connectivity index (χ0n) is 12.1. The van der Waals surface area contributed by atoms with E-state index in [1.807, 2.05) is 13.8 Å². The molecule has 2 N–H and O–H groups in total. The van der Waals surface area contributed by atoms with Crippen molar-refractivity contribution in [2.75, 3.05) is 20.3 Å². The second-order valence-electron chi connectivity index (χ2n) is 5.02. The molecule has 1 aliphatic rings. The summed E-state index contributed by atoms with van der Waals surface area (Å²) in [6.07, 6.45) is 0.698. The summed E-state index contributed by atoms with van der Waals surface area (Å²) in [6, 6.07) is -0.0672. The number of nitrogens with zero attached hydrogens (tertiary/aromatic N) is 2. The van der Waals surface area contributed by atoms with Crippen LogP contribution >= 0.6 is 0 Å². The molecule has 0 bridgehead atoms. The Morgan fingerprint density at radius 1 is 1.44 bits per heavy atom. The minimum Gasteiger partial charge on any atom is -0.483 e. The van der Waals surface area contributed by atoms with Crippen molar-refractivity contribution in [1.82, 2.24) is 0 Å². The third kappa shape index (κ3) is 3.02. The van der Waals surface area contributed by atoms with Crippen molar-refractivity contribution in [2.45, 2.75) is 45.7 Å². The van der Waals surface area contributed by atoms with Crippen molar-refractivity contribution in [2.24, 2.45) is 21.6 Å². The molecule has 5 nitrogen and oxygen atoms in total. The van der Waals surface area contributed by atoms with Gasteiger partial charge in [0.15, 0.2) is 0 Å². The van der Waals surface area contributed by atoms with Crippen LogP contribution in [0.4, 0.5) is 0 Å². The Bertz CT molecular complexity index is 339. The second-order valence-corrected chi connectivity index (χ2v) is 5.02. The topological polar surface area (TPSA) is 69.2 Å².